The number of ketones is 1. The fourth-order valence-corrected chi connectivity index (χ4v) is 1.87. The van der Waals surface area contributed by atoms with E-state index in [4.69, 9.17) is 4.74 Å². The zero-order valence-electron chi connectivity index (χ0n) is 7.49. The van der Waals surface area contributed by atoms with Gasteiger partial charge in [-0.15, -0.1) is 0 Å². The minimum Gasteiger partial charge on any atom is -0.488 e. The minimum absolute atomic E-state index is 0.0483. The molecule has 0 amide bonds. The Bertz CT molecular complexity index is 481. The first-order valence-corrected chi connectivity index (χ1v) is 4.54. The summed E-state index contributed by atoms with van der Waals surface area (Å²) in [5.41, 5.74) is 2.82. The predicted molar refractivity (Wildman–Crippen MR) is 52.3 cm³/mol. The van der Waals surface area contributed by atoms with E-state index in [9.17, 15) is 4.79 Å². The molecular weight excluding hydrogens is 176 g/mol. The summed E-state index contributed by atoms with van der Waals surface area (Å²) in [5.74, 6) is 0.765. The maximum Gasteiger partial charge on any atom is 0.190 e. The van der Waals surface area contributed by atoms with E-state index in [1.165, 1.54) is 0 Å². The molecule has 0 bridgehead atoms. The fraction of sp³-hybridized carbons (Fsp3) is 0.0833. The summed E-state index contributed by atoms with van der Waals surface area (Å²) in [5, 5.41) is 0. The summed E-state index contributed by atoms with van der Waals surface area (Å²) in [6, 6.07) is 7.86. The summed E-state index contributed by atoms with van der Waals surface area (Å²) in [6.07, 6.45) is 3.31. The van der Waals surface area contributed by atoms with Crippen molar-refractivity contribution < 1.29 is 9.53 Å². The zero-order valence-corrected chi connectivity index (χ0v) is 7.49. The lowest BCUT2D eigenvalue weighted by Crippen LogP contribution is -2.07. The molecule has 3 rings (SSSR count). The van der Waals surface area contributed by atoms with Gasteiger partial charge >= 0.3 is 0 Å². The molecule has 1 aliphatic heterocycles. The van der Waals surface area contributed by atoms with Crippen molar-refractivity contribution >= 4 is 11.4 Å². The first-order chi connectivity index (χ1) is 6.86. The molecule has 0 aromatic heterocycles. The van der Waals surface area contributed by atoms with Crippen molar-refractivity contribution in [3.05, 3.63) is 53.3 Å². The van der Waals surface area contributed by atoms with Crippen LogP contribution < -0.4 is 0 Å². The zero-order chi connectivity index (χ0) is 9.54. The van der Waals surface area contributed by atoms with Gasteiger partial charge in [-0.1, -0.05) is 24.3 Å². The number of carbonyl (C=O) groups excluding carboxylic acids is 1. The van der Waals surface area contributed by atoms with Gasteiger partial charge in [-0.3, -0.25) is 4.79 Å². The highest BCUT2D eigenvalue weighted by molar-refractivity contribution is 6.29. The third kappa shape index (κ3) is 0.880. The number of benzene rings is 1. The number of carbonyl (C=O) groups is 1. The second-order valence-corrected chi connectivity index (χ2v) is 3.38. The molecule has 68 valence electrons. The number of rotatable bonds is 0. The van der Waals surface area contributed by atoms with Gasteiger partial charge < -0.3 is 4.74 Å². The first-order valence-electron chi connectivity index (χ1n) is 4.54. The van der Waals surface area contributed by atoms with Crippen LogP contribution in [0.5, 0.6) is 0 Å². The molecule has 2 heteroatoms. The molecule has 0 spiro atoms. The lowest BCUT2D eigenvalue weighted by atomic mass is 9.97. The molecule has 0 atom stereocenters. The van der Waals surface area contributed by atoms with E-state index in [-0.39, 0.29) is 5.78 Å². The predicted octanol–water partition coefficient (Wildman–Crippen LogP) is 2.07. The smallest absolute Gasteiger partial charge is 0.190 e. The van der Waals surface area contributed by atoms with Crippen molar-refractivity contribution in [3.8, 4) is 0 Å². The SMILES string of the molecule is O=C1C=CC2=C1c1ccccc1CO2. The maximum atomic E-state index is 11.5. The molecule has 1 heterocycles. The van der Waals surface area contributed by atoms with E-state index in [0.29, 0.717) is 17.9 Å². The number of ether oxygens (including phenoxy) is 1. The number of hydrogen-bond acceptors (Lipinski definition) is 2. The van der Waals surface area contributed by atoms with Crippen LogP contribution in [-0.4, -0.2) is 5.78 Å². The van der Waals surface area contributed by atoms with Crippen molar-refractivity contribution in [2.75, 3.05) is 0 Å². The summed E-state index contributed by atoms with van der Waals surface area (Å²) < 4.78 is 5.47. The number of fused-ring (bicyclic) bond motifs is 2. The Hall–Kier alpha value is -1.83. The van der Waals surface area contributed by atoms with Gasteiger partial charge in [0.15, 0.2) is 5.78 Å². The van der Waals surface area contributed by atoms with Gasteiger partial charge in [0, 0.05) is 0 Å². The van der Waals surface area contributed by atoms with Crippen LogP contribution in [0.25, 0.3) is 5.57 Å². The lowest BCUT2D eigenvalue weighted by molar-refractivity contribution is -0.109. The topological polar surface area (TPSA) is 26.3 Å². The van der Waals surface area contributed by atoms with Gasteiger partial charge in [-0.25, -0.2) is 0 Å². The molecule has 0 saturated heterocycles. The Labute approximate surface area is 81.5 Å². The van der Waals surface area contributed by atoms with E-state index in [2.05, 4.69) is 0 Å². The molecule has 1 aromatic rings. The molecule has 2 aliphatic rings. The number of hydrogen-bond donors (Lipinski definition) is 0. The largest absolute Gasteiger partial charge is 0.488 e. The molecule has 0 unspecified atom stereocenters. The van der Waals surface area contributed by atoms with Gasteiger partial charge in [0.25, 0.3) is 0 Å². The van der Waals surface area contributed by atoms with Crippen LogP contribution in [0.2, 0.25) is 0 Å². The van der Waals surface area contributed by atoms with E-state index in [1.807, 2.05) is 24.3 Å². The van der Waals surface area contributed by atoms with Gasteiger partial charge in [-0.05, 0) is 23.3 Å². The van der Waals surface area contributed by atoms with E-state index < -0.39 is 0 Å². The molecule has 0 radical (unpaired) electrons. The van der Waals surface area contributed by atoms with Crippen LogP contribution >= 0.6 is 0 Å². The maximum absolute atomic E-state index is 11.5. The molecule has 0 N–H and O–H groups in total. The van der Waals surface area contributed by atoms with Crippen molar-refractivity contribution in [1.82, 2.24) is 0 Å². The van der Waals surface area contributed by atoms with Gasteiger partial charge in [0.05, 0.1) is 5.57 Å². The summed E-state index contributed by atoms with van der Waals surface area (Å²) in [6.45, 7) is 0.562. The Morgan fingerprint density at radius 1 is 1.14 bits per heavy atom. The molecule has 2 nitrogen and oxygen atoms in total. The first kappa shape index (κ1) is 7.56. The van der Waals surface area contributed by atoms with Crippen molar-refractivity contribution in [2.45, 2.75) is 6.61 Å². The third-order valence-electron chi connectivity index (χ3n) is 2.55. The molecule has 1 aromatic carbocycles. The van der Waals surface area contributed by atoms with Gasteiger partial charge in [0.2, 0.25) is 0 Å². The van der Waals surface area contributed by atoms with Crippen molar-refractivity contribution in [1.29, 1.82) is 0 Å². The van der Waals surface area contributed by atoms with Crippen LogP contribution in [0.1, 0.15) is 11.1 Å². The highest BCUT2D eigenvalue weighted by Crippen LogP contribution is 2.34. The Balaban J connectivity index is 2.25. The van der Waals surface area contributed by atoms with E-state index >= 15 is 0 Å². The van der Waals surface area contributed by atoms with E-state index in [1.54, 1.807) is 12.2 Å². The molecule has 0 saturated carbocycles. The fourth-order valence-electron chi connectivity index (χ4n) is 1.87. The summed E-state index contributed by atoms with van der Waals surface area (Å²) >= 11 is 0. The monoisotopic (exact) mass is 184 g/mol. The Morgan fingerprint density at radius 3 is 2.93 bits per heavy atom. The molecule has 14 heavy (non-hydrogen) atoms. The quantitative estimate of drug-likeness (QED) is 0.617. The summed E-state index contributed by atoms with van der Waals surface area (Å²) in [7, 11) is 0. The van der Waals surface area contributed by atoms with Crippen LogP contribution in [0.3, 0.4) is 0 Å². The van der Waals surface area contributed by atoms with Gasteiger partial charge in [0.1, 0.15) is 12.4 Å². The molecular formula is C12H8O2. The standard InChI is InChI=1S/C12H8O2/c13-10-5-6-11-12(10)9-4-2-1-3-8(9)7-14-11/h1-6H,7H2. The third-order valence-corrected chi connectivity index (χ3v) is 2.55. The minimum atomic E-state index is 0.0483. The summed E-state index contributed by atoms with van der Waals surface area (Å²) in [4.78, 5) is 11.5. The average molecular weight is 184 g/mol. The average Bonchev–Trinajstić information content (AvgIpc) is 2.61. The van der Waals surface area contributed by atoms with Gasteiger partial charge in [-0.2, -0.15) is 0 Å². The van der Waals surface area contributed by atoms with Crippen molar-refractivity contribution in [3.63, 3.8) is 0 Å². The molecule has 1 aliphatic carbocycles. The van der Waals surface area contributed by atoms with Crippen LogP contribution in [0, 0.1) is 0 Å². The second kappa shape index (κ2) is 2.58. The molecule has 0 fully saturated rings. The number of allylic oxidation sites excluding steroid dienone is 3. The van der Waals surface area contributed by atoms with Crippen LogP contribution in [0.15, 0.2) is 42.2 Å². The highest BCUT2D eigenvalue weighted by atomic mass is 16.5. The lowest BCUT2D eigenvalue weighted by Gasteiger charge is -2.18. The van der Waals surface area contributed by atoms with Crippen LogP contribution in [0.4, 0.5) is 0 Å². The normalized spacial score (nSPS) is 17.9. The Morgan fingerprint density at radius 2 is 2.00 bits per heavy atom. The highest BCUT2D eigenvalue weighted by Gasteiger charge is 2.26. The van der Waals surface area contributed by atoms with E-state index in [0.717, 1.165) is 11.1 Å². The Kier molecular flexibility index (Phi) is 1.39. The van der Waals surface area contributed by atoms with Crippen molar-refractivity contribution in [2.24, 2.45) is 0 Å². The second-order valence-electron chi connectivity index (χ2n) is 3.38. The van der Waals surface area contributed by atoms with Crippen LogP contribution in [-0.2, 0) is 16.1 Å².